The van der Waals surface area contributed by atoms with Gasteiger partial charge in [0, 0.05) is 56.4 Å². The number of carbonyl (C=O) groups is 3. The Kier molecular flexibility index (Phi) is 6.65. The first-order valence-electron chi connectivity index (χ1n) is 11.0. The fraction of sp³-hybridized carbons (Fsp3) is 0.400. The van der Waals surface area contributed by atoms with E-state index in [1.165, 1.54) is 0 Å². The van der Waals surface area contributed by atoms with Gasteiger partial charge in [-0.25, -0.2) is 0 Å². The summed E-state index contributed by atoms with van der Waals surface area (Å²) >= 11 is 0. The number of benzene rings is 2. The number of piperidine rings is 1. The minimum atomic E-state index is 0.0528. The number of piperazine rings is 1. The Morgan fingerprint density at radius 2 is 1.42 bits per heavy atom. The molecule has 0 aromatic heterocycles. The summed E-state index contributed by atoms with van der Waals surface area (Å²) in [6.07, 6.45) is 2.94. The van der Waals surface area contributed by atoms with Gasteiger partial charge in [-0.15, -0.1) is 0 Å². The predicted octanol–water partition coefficient (Wildman–Crippen LogP) is 2.63. The van der Waals surface area contributed by atoms with Gasteiger partial charge in [0.2, 0.25) is 11.8 Å². The molecule has 162 valence electrons. The Hall–Kier alpha value is -3.15. The molecule has 2 saturated heterocycles. The van der Waals surface area contributed by atoms with E-state index in [4.69, 9.17) is 0 Å². The number of amides is 2. The maximum Gasteiger partial charge on any atom is 0.227 e. The van der Waals surface area contributed by atoms with Crippen molar-refractivity contribution in [1.82, 2.24) is 9.80 Å². The molecule has 31 heavy (non-hydrogen) atoms. The van der Waals surface area contributed by atoms with Gasteiger partial charge >= 0.3 is 0 Å². The van der Waals surface area contributed by atoms with Gasteiger partial charge in [-0.1, -0.05) is 30.3 Å². The van der Waals surface area contributed by atoms with Crippen LogP contribution in [0.2, 0.25) is 0 Å². The third-order valence-corrected chi connectivity index (χ3v) is 6.38. The molecule has 4 rings (SSSR count). The second-order valence-corrected chi connectivity index (χ2v) is 8.34. The van der Waals surface area contributed by atoms with E-state index in [-0.39, 0.29) is 17.7 Å². The molecule has 2 amide bonds. The lowest BCUT2D eigenvalue weighted by molar-refractivity contribution is -0.142. The van der Waals surface area contributed by atoms with Crippen LogP contribution >= 0.6 is 0 Å². The molecule has 2 fully saturated rings. The van der Waals surface area contributed by atoms with Gasteiger partial charge in [0.15, 0.2) is 0 Å². The van der Waals surface area contributed by atoms with Gasteiger partial charge < -0.3 is 14.7 Å². The quantitative estimate of drug-likeness (QED) is 0.699. The van der Waals surface area contributed by atoms with Crippen LogP contribution < -0.4 is 4.90 Å². The average Bonchev–Trinajstić information content (AvgIpc) is 2.84. The van der Waals surface area contributed by atoms with Crippen LogP contribution in [0.15, 0.2) is 54.6 Å². The summed E-state index contributed by atoms with van der Waals surface area (Å²) in [5, 5.41) is 0. The highest BCUT2D eigenvalue weighted by Gasteiger charge is 2.31. The van der Waals surface area contributed by atoms with Gasteiger partial charge in [0.25, 0.3) is 0 Å². The highest BCUT2D eigenvalue weighted by atomic mass is 16.2. The van der Waals surface area contributed by atoms with E-state index in [1.807, 2.05) is 64.4 Å². The molecule has 0 radical (unpaired) electrons. The van der Waals surface area contributed by atoms with E-state index < -0.39 is 0 Å². The van der Waals surface area contributed by atoms with Gasteiger partial charge in [-0.05, 0) is 42.7 Å². The molecule has 2 aromatic carbocycles. The largest absolute Gasteiger partial charge is 0.371 e. The number of aldehydes is 1. The molecule has 0 N–H and O–H groups in total. The van der Waals surface area contributed by atoms with Crippen molar-refractivity contribution >= 4 is 23.8 Å². The molecule has 6 nitrogen and oxygen atoms in total. The molecular weight excluding hydrogens is 390 g/mol. The molecule has 2 heterocycles. The van der Waals surface area contributed by atoms with Crippen LogP contribution in [0, 0.1) is 5.92 Å². The maximum atomic E-state index is 13.0. The Balaban J connectivity index is 1.23. The zero-order valence-corrected chi connectivity index (χ0v) is 17.8. The Labute approximate surface area is 183 Å². The van der Waals surface area contributed by atoms with Crippen LogP contribution in [-0.4, -0.2) is 67.2 Å². The molecular formula is C25H29N3O3. The Bertz CT molecular complexity index is 897. The Morgan fingerprint density at radius 1 is 0.806 bits per heavy atom. The highest BCUT2D eigenvalue weighted by Crippen LogP contribution is 2.25. The molecule has 0 atom stereocenters. The average molecular weight is 420 g/mol. The van der Waals surface area contributed by atoms with Gasteiger partial charge in [0.1, 0.15) is 6.29 Å². The molecule has 6 heteroatoms. The summed E-state index contributed by atoms with van der Waals surface area (Å²) in [5.41, 5.74) is 2.80. The summed E-state index contributed by atoms with van der Waals surface area (Å²) < 4.78 is 0. The number of hydrogen-bond donors (Lipinski definition) is 0. The van der Waals surface area contributed by atoms with Crippen molar-refractivity contribution in [3.05, 3.63) is 65.7 Å². The summed E-state index contributed by atoms with van der Waals surface area (Å²) in [5.74, 6) is 0.412. The number of carbonyl (C=O) groups excluding carboxylic acids is 3. The molecule has 2 aromatic rings. The van der Waals surface area contributed by atoms with Gasteiger partial charge in [0.05, 0.1) is 6.42 Å². The molecule has 0 unspecified atom stereocenters. The van der Waals surface area contributed by atoms with Crippen LogP contribution in [0.25, 0.3) is 0 Å². The fourth-order valence-electron chi connectivity index (χ4n) is 4.47. The summed E-state index contributed by atoms with van der Waals surface area (Å²) in [7, 11) is 0. The summed E-state index contributed by atoms with van der Waals surface area (Å²) in [6.45, 7) is 4.14. The van der Waals surface area contributed by atoms with Crippen LogP contribution in [0.5, 0.6) is 0 Å². The molecule has 0 saturated carbocycles. The van der Waals surface area contributed by atoms with Crippen molar-refractivity contribution in [3.63, 3.8) is 0 Å². The maximum absolute atomic E-state index is 13.0. The van der Waals surface area contributed by atoms with E-state index in [0.29, 0.717) is 38.2 Å². The van der Waals surface area contributed by atoms with Crippen LogP contribution in [0.4, 0.5) is 5.69 Å². The smallest absolute Gasteiger partial charge is 0.227 e. The zero-order chi connectivity index (χ0) is 21.6. The van der Waals surface area contributed by atoms with Gasteiger partial charge in [-0.2, -0.15) is 0 Å². The highest BCUT2D eigenvalue weighted by molar-refractivity contribution is 5.81. The normalized spacial score (nSPS) is 17.5. The van der Waals surface area contributed by atoms with Crippen molar-refractivity contribution in [2.75, 3.05) is 44.2 Å². The second kappa shape index (κ2) is 9.77. The van der Waals surface area contributed by atoms with Gasteiger partial charge in [-0.3, -0.25) is 14.4 Å². The van der Waals surface area contributed by atoms with Crippen molar-refractivity contribution in [3.8, 4) is 0 Å². The van der Waals surface area contributed by atoms with Crippen molar-refractivity contribution in [1.29, 1.82) is 0 Å². The number of nitrogens with zero attached hydrogens (tertiary/aromatic N) is 3. The standard InChI is InChI=1S/C25H29N3O3/c29-19-21-6-8-23(9-7-21)26-12-10-22(11-13-26)25(31)28-16-14-27(15-17-28)24(30)18-20-4-2-1-3-5-20/h1-9,19,22H,10-18H2. The first-order chi connectivity index (χ1) is 15.1. The van der Waals surface area contributed by atoms with E-state index >= 15 is 0 Å². The Morgan fingerprint density at radius 3 is 2.03 bits per heavy atom. The fourth-order valence-corrected chi connectivity index (χ4v) is 4.47. The van der Waals surface area contributed by atoms with Crippen LogP contribution in [0.3, 0.4) is 0 Å². The van der Waals surface area contributed by atoms with E-state index in [2.05, 4.69) is 4.90 Å². The van der Waals surface area contributed by atoms with Crippen LogP contribution in [-0.2, 0) is 16.0 Å². The SMILES string of the molecule is O=Cc1ccc(N2CCC(C(=O)N3CCN(C(=O)Cc4ccccc4)CC3)CC2)cc1. The summed E-state index contributed by atoms with van der Waals surface area (Å²) in [4.78, 5) is 42.5. The topological polar surface area (TPSA) is 60.9 Å². The lowest BCUT2D eigenvalue weighted by Crippen LogP contribution is -2.53. The number of rotatable bonds is 5. The lowest BCUT2D eigenvalue weighted by atomic mass is 9.94. The number of hydrogen-bond acceptors (Lipinski definition) is 4. The van der Waals surface area contributed by atoms with Crippen molar-refractivity contribution < 1.29 is 14.4 Å². The second-order valence-electron chi connectivity index (χ2n) is 8.34. The molecule has 0 bridgehead atoms. The van der Waals surface area contributed by atoms with E-state index in [0.717, 1.165) is 43.5 Å². The third kappa shape index (κ3) is 5.13. The van der Waals surface area contributed by atoms with Crippen molar-refractivity contribution in [2.45, 2.75) is 19.3 Å². The first-order valence-corrected chi connectivity index (χ1v) is 11.0. The summed E-state index contributed by atoms with van der Waals surface area (Å²) in [6, 6.07) is 17.4. The van der Waals surface area contributed by atoms with E-state index in [1.54, 1.807) is 0 Å². The first kappa shape index (κ1) is 21.1. The third-order valence-electron chi connectivity index (χ3n) is 6.38. The van der Waals surface area contributed by atoms with Crippen molar-refractivity contribution in [2.24, 2.45) is 5.92 Å². The molecule has 0 spiro atoms. The van der Waals surface area contributed by atoms with E-state index in [9.17, 15) is 14.4 Å². The lowest BCUT2D eigenvalue weighted by Gasteiger charge is -2.39. The monoisotopic (exact) mass is 419 g/mol. The minimum absolute atomic E-state index is 0.0528. The molecule has 0 aliphatic carbocycles. The zero-order valence-electron chi connectivity index (χ0n) is 17.8. The van der Waals surface area contributed by atoms with Crippen LogP contribution in [0.1, 0.15) is 28.8 Å². The molecule has 2 aliphatic heterocycles. The molecule has 2 aliphatic rings. The number of anilines is 1. The minimum Gasteiger partial charge on any atom is -0.371 e. The predicted molar refractivity (Wildman–Crippen MR) is 120 cm³/mol.